The molecule has 2 aromatic heterocycles. The van der Waals surface area contributed by atoms with Crippen molar-refractivity contribution in [1.29, 1.82) is 0 Å². The van der Waals surface area contributed by atoms with Crippen molar-refractivity contribution in [2.45, 2.75) is 66.2 Å². The van der Waals surface area contributed by atoms with E-state index in [1.54, 1.807) is 4.68 Å². The number of aromatic nitrogens is 4. The predicted octanol–water partition coefficient (Wildman–Crippen LogP) is 6.55. The van der Waals surface area contributed by atoms with E-state index in [1.165, 1.54) is 11.1 Å². The minimum Gasteiger partial charge on any atom is -0.486 e. The molecule has 0 saturated carbocycles. The highest BCUT2D eigenvalue weighted by Crippen LogP contribution is 2.44. The fraction of sp³-hybridized carbons (Fsp3) is 0.371. The van der Waals surface area contributed by atoms with E-state index >= 15 is 0 Å². The fourth-order valence-corrected chi connectivity index (χ4v) is 6.59. The van der Waals surface area contributed by atoms with Gasteiger partial charge < -0.3 is 9.84 Å². The van der Waals surface area contributed by atoms with E-state index < -0.39 is 22.9 Å². The first-order chi connectivity index (χ1) is 20.3. The Hall–Kier alpha value is -4.30. The summed E-state index contributed by atoms with van der Waals surface area (Å²) in [7, 11) is 1.87. The second-order valence-electron chi connectivity index (χ2n) is 13.2. The van der Waals surface area contributed by atoms with Crippen LogP contribution in [0.4, 0.5) is 0 Å². The van der Waals surface area contributed by atoms with Crippen molar-refractivity contribution < 1.29 is 14.6 Å². The van der Waals surface area contributed by atoms with E-state index in [4.69, 9.17) is 4.74 Å². The molecule has 0 radical (unpaired) electrons. The van der Waals surface area contributed by atoms with Crippen LogP contribution in [0.3, 0.4) is 0 Å². The molecule has 8 nitrogen and oxygen atoms in total. The second-order valence-corrected chi connectivity index (χ2v) is 13.2. The third-order valence-electron chi connectivity index (χ3n) is 8.93. The number of carboxylic acid groups (broad SMARTS) is 1. The predicted molar refractivity (Wildman–Crippen MR) is 168 cm³/mol. The lowest BCUT2D eigenvalue weighted by Gasteiger charge is -2.33. The maximum atomic E-state index is 12.7. The Labute approximate surface area is 252 Å². The van der Waals surface area contributed by atoms with Crippen molar-refractivity contribution in [1.82, 2.24) is 24.9 Å². The van der Waals surface area contributed by atoms with E-state index in [9.17, 15) is 9.90 Å². The molecule has 3 aromatic carbocycles. The van der Waals surface area contributed by atoms with Gasteiger partial charge in [-0.1, -0.05) is 35.5 Å². The fourth-order valence-electron chi connectivity index (χ4n) is 6.59. The minimum absolute atomic E-state index is 0.391. The van der Waals surface area contributed by atoms with Gasteiger partial charge in [0.15, 0.2) is 0 Å². The van der Waals surface area contributed by atoms with Crippen LogP contribution in [0.1, 0.15) is 67.0 Å². The molecule has 0 amide bonds. The average molecular weight is 578 g/mol. The molecule has 1 N–H and O–H groups in total. The lowest BCUT2D eigenvalue weighted by molar-refractivity contribution is -0.147. The Morgan fingerprint density at radius 2 is 1.91 bits per heavy atom. The van der Waals surface area contributed by atoms with Gasteiger partial charge in [-0.3, -0.25) is 14.7 Å². The highest BCUT2D eigenvalue weighted by Gasteiger charge is 2.40. The molecule has 8 heteroatoms. The van der Waals surface area contributed by atoms with Crippen LogP contribution in [0.15, 0.2) is 60.8 Å². The normalized spacial score (nSPS) is 16.1. The van der Waals surface area contributed by atoms with Gasteiger partial charge in [0.2, 0.25) is 0 Å². The molecule has 6 rings (SSSR count). The molecule has 1 aliphatic heterocycles. The Balaban J connectivity index is 1.41. The summed E-state index contributed by atoms with van der Waals surface area (Å²) in [5, 5.41) is 20.1. The van der Waals surface area contributed by atoms with Crippen molar-refractivity contribution in [2.75, 3.05) is 6.54 Å². The number of rotatable bonds is 6. The van der Waals surface area contributed by atoms with Crippen molar-refractivity contribution in [2.24, 2.45) is 12.5 Å². The summed E-state index contributed by atoms with van der Waals surface area (Å²) in [5.74, 6) is -0.337. The Morgan fingerprint density at radius 3 is 2.67 bits per heavy atom. The summed E-state index contributed by atoms with van der Waals surface area (Å²) < 4.78 is 8.29. The van der Waals surface area contributed by atoms with Crippen molar-refractivity contribution >= 4 is 27.9 Å². The first-order valence-electron chi connectivity index (χ1n) is 14.7. The van der Waals surface area contributed by atoms with Gasteiger partial charge in [0.05, 0.1) is 16.4 Å². The quantitative estimate of drug-likeness (QED) is 0.245. The molecule has 0 fully saturated rings. The van der Waals surface area contributed by atoms with E-state index in [0.29, 0.717) is 6.54 Å². The third kappa shape index (κ3) is 5.25. The van der Waals surface area contributed by atoms with Crippen LogP contribution in [0.5, 0.6) is 5.75 Å². The van der Waals surface area contributed by atoms with Crippen molar-refractivity contribution in [3.63, 3.8) is 0 Å². The van der Waals surface area contributed by atoms with E-state index in [1.807, 2.05) is 52.2 Å². The number of aryl methyl sites for hydroxylation is 3. The Morgan fingerprint density at radius 1 is 1.12 bits per heavy atom. The zero-order chi connectivity index (χ0) is 30.7. The smallest absolute Gasteiger partial charge is 0.310 e. The van der Waals surface area contributed by atoms with Crippen LogP contribution in [-0.4, -0.2) is 48.1 Å². The van der Waals surface area contributed by atoms with E-state index in [-0.39, 0.29) is 0 Å². The Kier molecular flexibility index (Phi) is 7.00. The first kappa shape index (κ1) is 28.8. The lowest BCUT2D eigenvalue weighted by Crippen LogP contribution is -2.40. The molecule has 222 valence electrons. The molecule has 1 unspecified atom stereocenters. The molecule has 1 aliphatic rings. The largest absolute Gasteiger partial charge is 0.486 e. The standard InChI is InChI=1S/C35H39N5O3/c1-21-10-11-24(31(35(5,6)33(41)42)27-12-13-29-32(22(27)2)37-38-39(29)7)15-25(21)18-40-19-26-16-28-23(9-8-14-36-28)17-30(26)43-34(3,4)20-40/h8-17,31H,18-20H2,1-7H3,(H,41,42). The van der Waals surface area contributed by atoms with Crippen LogP contribution in [0, 0.1) is 19.3 Å². The summed E-state index contributed by atoms with van der Waals surface area (Å²) in [6, 6.07) is 18.7. The van der Waals surface area contributed by atoms with Gasteiger partial charge in [-0.25, -0.2) is 4.68 Å². The molecule has 1 atom stereocenters. The second kappa shape index (κ2) is 10.5. The van der Waals surface area contributed by atoms with Crippen LogP contribution >= 0.6 is 0 Å². The molecule has 0 saturated heterocycles. The first-order valence-corrected chi connectivity index (χ1v) is 14.7. The molecular weight excluding hydrogens is 538 g/mol. The number of ether oxygens (including phenoxy) is 1. The van der Waals surface area contributed by atoms with E-state index in [2.05, 4.69) is 77.4 Å². The van der Waals surface area contributed by atoms with Crippen molar-refractivity contribution in [3.05, 3.63) is 94.2 Å². The molecule has 0 bridgehead atoms. The zero-order valence-electron chi connectivity index (χ0n) is 26.0. The summed E-state index contributed by atoms with van der Waals surface area (Å²) in [6.45, 7) is 14.2. The number of aliphatic carboxylic acids is 1. The summed E-state index contributed by atoms with van der Waals surface area (Å²) in [4.78, 5) is 19.7. The van der Waals surface area contributed by atoms with Crippen LogP contribution in [-0.2, 0) is 24.9 Å². The van der Waals surface area contributed by atoms with Crippen LogP contribution in [0.25, 0.3) is 21.9 Å². The Bertz CT molecular complexity index is 1870. The number of benzene rings is 3. The minimum atomic E-state index is -1.07. The number of carboxylic acids is 1. The molecular formula is C35H39N5O3. The average Bonchev–Trinajstić information content (AvgIpc) is 3.26. The molecule has 5 aromatic rings. The maximum absolute atomic E-state index is 12.7. The topological polar surface area (TPSA) is 93.4 Å². The van der Waals surface area contributed by atoms with Crippen LogP contribution in [0.2, 0.25) is 0 Å². The van der Waals surface area contributed by atoms with Gasteiger partial charge in [-0.2, -0.15) is 0 Å². The van der Waals surface area contributed by atoms with E-state index in [0.717, 1.165) is 63.0 Å². The number of nitrogens with zero attached hydrogens (tertiary/aromatic N) is 5. The number of hydrogen-bond acceptors (Lipinski definition) is 6. The number of fused-ring (bicyclic) bond motifs is 3. The molecule has 0 spiro atoms. The van der Waals surface area contributed by atoms with Gasteiger partial charge in [0.25, 0.3) is 0 Å². The number of carbonyl (C=O) groups is 1. The van der Waals surface area contributed by atoms with Gasteiger partial charge in [-0.15, -0.1) is 5.10 Å². The molecule has 0 aliphatic carbocycles. The molecule has 43 heavy (non-hydrogen) atoms. The highest BCUT2D eigenvalue weighted by atomic mass is 16.5. The third-order valence-corrected chi connectivity index (χ3v) is 8.93. The van der Waals surface area contributed by atoms with Gasteiger partial charge in [0.1, 0.15) is 16.9 Å². The zero-order valence-corrected chi connectivity index (χ0v) is 26.0. The SMILES string of the molecule is Cc1ccc(C(c2ccc3c(nnn3C)c2C)C(C)(C)C(=O)O)cc1CN1Cc2cc3ncccc3cc2OC(C)(C)C1. The maximum Gasteiger partial charge on any atom is 0.310 e. The molecule has 3 heterocycles. The highest BCUT2D eigenvalue weighted by molar-refractivity contribution is 5.82. The van der Waals surface area contributed by atoms with Crippen molar-refractivity contribution in [3.8, 4) is 5.75 Å². The van der Waals surface area contributed by atoms with Gasteiger partial charge >= 0.3 is 5.97 Å². The summed E-state index contributed by atoms with van der Waals surface area (Å²) >= 11 is 0. The number of pyridine rings is 1. The summed E-state index contributed by atoms with van der Waals surface area (Å²) in [5.41, 5.74) is 7.53. The van der Waals surface area contributed by atoms with Crippen LogP contribution < -0.4 is 4.74 Å². The lowest BCUT2D eigenvalue weighted by atomic mass is 9.69. The van der Waals surface area contributed by atoms with Gasteiger partial charge in [-0.05, 0) is 93.6 Å². The number of hydrogen-bond donors (Lipinski definition) is 1. The monoisotopic (exact) mass is 577 g/mol. The summed E-state index contributed by atoms with van der Waals surface area (Å²) in [6.07, 6.45) is 1.82. The van der Waals surface area contributed by atoms with Gasteiger partial charge in [0, 0.05) is 49.7 Å².